The molecule has 5 nitrogen and oxygen atoms in total. The number of carboxylic acids is 1. The Labute approximate surface area is 109 Å². The second-order valence-electron chi connectivity index (χ2n) is 4.70. The molecule has 1 N–H and O–H groups in total. The van der Waals surface area contributed by atoms with Crippen molar-refractivity contribution >= 4 is 5.97 Å². The van der Waals surface area contributed by atoms with E-state index in [-0.39, 0.29) is 6.04 Å². The number of carboxylic acid groups (broad SMARTS) is 1. The average Bonchev–Trinajstić information content (AvgIpc) is 2.82. The summed E-state index contributed by atoms with van der Waals surface area (Å²) < 4.78 is 10.8. The van der Waals surface area contributed by atoms with E-state index in [1.165, 1.54) is 0 Å². The molecule has 1 saturated heterocycles. The van der Waals surface area contributed by atoms with Gasteiger partial charge in [-0.2, -0.15) is 0 Å². The lowest BCUT2D eigenvalue weighted by atomic mass is 10.0. The van der Waals surface area contributed by atoms with E-state index in [1.807, 2.05) is 0 Å². The topological polar surface area (TPSA) is 59.0 Å². The lowest BCUT2D eigenvalue weighted by Gasteiger charge is -2.29. The minimum atomic E-state index is -0.756. The van der Waals surface area contributed by atoms with E-state index >= 15 is 0 Å². The van der Waals surface area contributed by atoms with Gasteiger partial charge in [-0.25, -0.2) is 0 Å². The van der Waals surface area contributed by atoms with E-state index in [0.29, 0.717) is 19.8 Å². The van der Waals surface area contributed by atoms with Crippen LogP contribution in [0, 0.1) is 5.92 Å². The molecule has 2 atom stereocenters. The SMILES string of the molecule is CCCOCCN(CCC)C1COCC1C(=O)O. The summed E-state index contributed by atoms with van der Waals surface area (Å²) in [6.45, 7) is 8.14. The van der Waals surface area contributed by atoms with Gasteiger partial charge in [-0.1, -0.05) is 13.8 Å². The van der Waals surface area contributed by atoms with E-state index in [0.717, 1.165) is 32.5 Å². The van der Waals surface area contributed by atoms with Crippen LogP contribution >= 0.6 is 0 Å². The Morgan fingerprint density at radius 1 is 1.28 bits per heavy atom. The van der Waals surface area contributed by atoms with Crippen molar-refractivity contribution in [3.05, 3.63) is 0 Å². The van der Waals surface area contributed by atoms with Crippen molar-refractivity contribution in [1.29, 1.82) is 0 Å². The predicted octanol–water partition coefficient (Wildman–Crippen LogP) is 1.22. The Kier molecular flexibility index (Phi) is 7.23. The summed E-state index contributed by atoms with van der Waals surface area (Å²) in [6, 6.07) is -0.00678. The summed E-state index contributed by atoms with van der Waals surface area (Å²) in [5.41, 5.74) is 0. The fourth-order valence-corrected chi connectivity index (χ4v) is 2.30. The van der Waals surface area contributed by atoms with Crippen LogP contribution in [-0.4, -0.2) is 61.5 Å². The highest BCUT2D eigenvalue weighted by molar-refractivity contribution is 5.71. The monoisotopic (exact) mass is 259 g/mol. The van der Waals surface area contributed by atoms with E-state index in [4.69, 9.17) is 9.47 Å². The fourth-order valence-electron chi connectivity index (χ4n) is 2.30. The second kappa shape index (κ2) is 8.45. The molecular formula is C13H25NO4. The Bertz CT molecular complexity index is 247. The van der Waals surface area contributed by atoms with Gasteiger partial charge in [0.2, 0.25) is 0 Å². The smallest absolute Gasteiger partial charge is 0.310 e. The van der Waals surface area contributed by atoms with Crippen molar-refractivity contribution in [1.82, 2.24) is 4.90 Å². The molecule has 0 aromatic heterocycles. The van der Waals surface area contributed by atoms with Gasteiger partial charge < -0.3 is 14.6 Å². The van der Waals surface area contributed by atoms with Gasteiger partial charge in [-0.15, -0.1) is 0 Å². The first-order valence-electron chi connectivity index (χ1n) is 6.83. The standard InChI is InChI=1S/C13H25NO4/c1-3-5-14(6-8-17-7-4-2)12-10-18-9-11(12)13(15)16/h11-12H,3-10H2,1-2H3,(H,15,16). The summed E-state index contributed by atoms with van der Waals surface area (Å²) in [4.78, 5) is 13.4. The molecule has 0 amide bonds. The van der Waals surface area contributed by atoms with Gasteiger partial charge in [0.25, 0.3) is 0 Å². The van der Waals surface area contributed by atoms with Crippen LogP contribution in [0.4, 0.5) is 0 Å². The molecule has 18 heavy (non-hydrogen) atoms. The Morgan fingerprint density at radius 2 is 2.06 bits per heavy atom. The maximum absolute atomic E-state index is 11.2. The highest BCUT2D eigenvalue weighted by Gasteiger charge is 2.37. The van der Waals surface area contributed by atoms with Crippen LogP contribution in [-0.2, 0) is 14.3 Å². The molecule has 1 rings (SSSR count). The number of rotatable bonds is 9. The number of ether oxygens (including phenoxy) is 2. The van der Waals surface area contributed by atoms with E-state index in [2.05, 4.69) is 18.7 Å². The second-order valence-corrected chi connectivity index (χ2v) is 4.70. The zero-order valence-corrected chi connectivity index (χ0v) is 11.4. The Morgan fingerprint density at radius 3 is 2.67 bits per heavy atom. The number of carbonyl (C=O) groups is 1. The zero-order valence-electron chi connectivity index (χ0n) is 11.4. The summed E-state index contributed by atoms with van der Waals surface area (Å²) in [5.74, 6) is -1.16. The van der Waals surface area contributed by atoms with Crippen molar-refractivity contribution in [2.24, 2.45) is 5.92 Å². The molecule has 0 saturated carbocycles. The molecule has 106 valence electrons. The van der Waals surface area contributed by atoms with Crippen molar-refractivity contribution < 1.29 is 19.4 Å². The molecule has 0 aromatic carbocycles. The highest BCUT2D eigenvalue weighted by atomic mass is 16.5. The molecular weight excluding hydrogens is 234 g/mol. The third kappa shape index (κ3) is 4.55. The highest BCUT2D eigenvalue weighted by Crippen LogP contribution is 2.20. The van der Waals surface area contributed by atoms with Crippen molar-refractivity contribution in [2.75, 3.05) is 39.5 Å². The van der Waals surface area contributed by atoms with Crippen LogP contribution in [0.5, 0.6) is 0 Å². The minimum absolute atomic E-state index is 0.00678. The number of hydrogen-bond acceptors (Lipinski definition) is 4. The molecule has 2 unspecified atom stereocenters. The zero-order chi connectivity index (χ0) is 13.4. The lowest BCUT2D eigenvalue weighted by Crippen LogP contribution is -2.45. The van der Waals surface area contributed by atoms with Crippen LogP contribution in [0.1, 0.15) is 26.7 Å². The fraction of sp³-hybridized carbons (Fsp3) is 0.923. The van der Waals surface area contributed by atoms with Gasteiger partial charge >= 0.3 is 5.97 Å². The number of aliphatic carboxylic acids is 1. The molecule has 1 aliphatic heterocycles. The van der Waals surface area contributed by atoms with Gasteiger partial charge in [-0.3, -0.25) is 9.69 Å². The molecule has 5 heteroatoms. The van der Waals surface area contributed by atoms with E-state index in [1.54, 1.807) is 0 Å². The average molecular weight is 259 g/mol. The summed E-state index contributed by atoms with van der Waals surface area (Å²) in [6.07, 6.45) is 2.02. The summed E-state index contributed by atoms with van der Waals surface area (Å²) in [7, 11) is 0. The molecule has 0 bridgehead atoms. The first kappa shape index (κ1) is 15.4. The van der Waals surface area contributed by atoms with E-state index < -0.39 is 11.9 Å². The van der Waals surface area contributed by atoms with Crippen molar-refractivity contribution in [3.8, 4) is 0 Å². The molecule has 1 aliphatic rings. The Hall–Kier alpha value is -0.650. The molecule has 0 aliphatic carbocycles. The van der Waals surface area contributed by atoms with Crippen molar-refractivity contribution in [2.45, 2.75) is 32.7 Å². The predicted molar refractivity (Wildman–Crippen MR) is 68.7 cm³/mol. The third-order valence-corrected chi connectivity index (χ3v) is 3.22. The molecule has 1 heterocycles. The summed E-state index contributed by atoms with van der Waals surface area (Å²) >= 11 is 0. The summed E-state index contributed by atoms with van der Waals surface area (Å²) in [5, 5.41) is 9.17. The molecule has 0 spiro atoms. The molecule has 0 radical (unpaired) electrons. The van der Waals surface area contributed by atoms with Gasteiger partial charge in [0.05, 0.1) is 25.7 Å². The molecule has 1 fully saturated rings. The first-order chi connectivity index (χ1) is 8.70. The van der Waals surface area contributed by atoms with Gasteiger partial charge in [0.15, 0.2) is 0 Å². The largest absolute Gasteiger partial charge is 0.481 e. The molecule has 0 aromatic rings. The van der Waals surface area contributed by atoms with Crippen LogP contribution in [0.25, 0.3) is 0 Å². The van der Waals surface area contributed by atoms with Crippen LogP contribution in [0.15, 0.2) is 0 Å². The van der Waals surface area contributed by atoms with Crippen LogP contribution < -0.4 is 0 Å². The van der Waals surface area contributed by atoms with Gasteiger partial charge in [0.1, 0.15) is 0 Å². The first-order valence-corrected chi connectivity index (χ1v) is 6.83. The Balaban J connectivity index is 2.46. The van der Waals surface area contributed by atoms with Gasteiger partial charge in [0, 0.05) is 19.2 Å². The minimum Gasteiger partial charge on any atom is -0.481 e. The number of hydrogen-bond donors (Lipinski definition) is 1. The third-order valence-electron chi connectivity index (χ3n) is 3.22. The van der Waals surface area contributed by atoms with E-state index in [9.17, 15) is 9.90 Å². The maximum atomic E-state index is 11.2. The van der Waals surface area contributed by atoms with Gasteiger partial charge in [-0.05, 0) is 19.4 Å². The number of nitrogens with zero attached hydrogens (tertiary/aromatic N) is 1. The maximum Gasteiger partial charge on any atom is 0.310 e. The lowest BCUT2D eigenvalue weighted by molar-refractivity contribution is -0.143. The van der Waals surface area contributed by atoms with Crippen LogP contribution in [0.3, 0.4) is 0 Å². The quantitative estimate of drug-likeness (QED) is 0.631. The van der Waals surface area contributed by atoms with Crippen LogP contribution in [0.2, 0.25) is 0 Å². The normalized spacial score (nSPS) is 23.7. The van der Waals surface area contributed by atoms with Crippen molar-refractivity contribution in [3.63, 3.8) is 0 Å².